The van der Waals surface area contributed by atoms with E-state index in [1.165, 1.54) is 23.3 Å². The van der Waals surface area contributed by atoms with Crippen molar-refractivity contribution < 1.29 is 12.8 Å². The van der Waals surface area contributed by atoms with Gasteiger partial charge in [0.1, 0.15) is 5.82 Å². The van der Waals surface area contributed by atoms with Crippen molar-refractivity contribution in [2.24, 2.45) is 5.92 Å². The van der Waals surface area contributed by atoms with E-state index in [-0.39, 0.29) is 17.2 Å². The second kappa shape index (κ2) is 9.98. The summed E-state index contributed by atoms with van der Waals surface area (Å²) in [5, 5.41) is 1.99. The molecule has 1 N–H and O–H groups in total. The summed E-state index contributed by atoms with van der Waals surface area (Å²) in [5.74, 6) is -0.180. The van der Waals surface area contributed by atoms with Gasteiger partial charge in [0.05, 0.1) is 16.3 Å². The van der Waals surface area contributed by atoms with Gasteiger partial charge in [-0.05, 0) is 98.1 Å². The van der Waals surface area contributed by atoms with Crippen molar-refractivity contribution in [3.63, 3.8) is 0 Å². The molecule has 6 nitrogen and oxygen atoms in total. The number of fused-ring (bicyclic) bond motifs is 1. The highest BCUT2D eigenvalue weighted by Crippen LogP contribution is 2.44. The highest BCUT2D eigenvalue weighted by atomic mass is 32.2. The van der Waals surface area contributed by atoms with E-state index >= 15 is 0 Å². The van der Waals surface area contributed by atoms with Crippen molar-refractivity contribution in [1.29, 1.82) is 0 Å². The van der Waals surface area contributed by atoms with Gasteiger partial charge in [0.2, 0.25) is 10.0 Å². The van der Waals surface area contributed by atoms with Crippen LogP contribution in [0.3, 0.4) is 0 Å². The molecule has 0 aromatic heterocycles. The van der Waals surface area contributed by atoms with Gasteiger partial charge in [0.15, 0.2) is 0 Å². The fourth-order valence-corrected chi connectivity index (χ4v) is 6.88. The Morgan fingerprint density at radius 2 is 1.74 bits per heavy atom. The molecular weight excluding hydrogens is 499 g/mol. The molecule has 5 rings (SSSR count). The maximum Gasteiger partial charge on any atom is 0.243 e. The summed E-state index contributed by atoms with van der Waals surface area (Å²) >= 11 is 0. The summed E-state index contributed by atoms with van der Waals surface area (Å²) in [6, 6.07) is 13.8. The van der Waals surface area contributed by atoms with Crippen LogP contribution < -0.4 is 10.4 Å². The van der Waals surface area contributed by atoms with Crippen molar-refractivity contribution in [3.05, 3.63) is 94.6 Å². The Hall–Kier alpha value is -2.94. The topological polar surface area (TPSA) is 55.9 Å². The zero-order valence-corrected chi connectivity index (χ0v) is 23.6. The van der Waals surface area contributed by atoms with Crippen molar-refractivity contribution >= 4 is 15.7 Å². The minimum absolute atomic E-state index is 0.0379. The molecule has 1 aliphatic carbocycles. The van der Waals surface area contributed by atoms with Gasteiger partial charge >= 0.3 is 0 Å². The number of rotatable bonds is 6. The van der Waals surface area contributed by atoms with Crippen molar-refractivity contribution in [2.45, 2.75) is 43.9 Å². The number of nitrogens with one attached hydrogen (secondary N) is 1. The van der Waals surface area contributed by atoms with E-state index in [0.29, 0.717) is 24.4 Å². The number of benzene rings is 2. The molecule has 2 heterocycles. The molecule has 0 saturated carbocycles. The molecule has 1 atom stereocenters. The number of halogens is 1. The summed E-state index contributed by atoms with van der Waals surface area (Å²) in [6.07, 6.45) is 5.72. The third-order valence-electron chi connectivity index (χ3n) is 7.69. The van der Waals surface area contributed by atoms with Crippen LogP contribution in [0.1, 0.15) is 39.2 Å². The second-order valence-electron chi connectivity index (χ2n) is 11.6. The van der Waals surface area contributed by atoms with Gasteiger partial charge in [-0.3, -0.25) is 5.01 Å². The molecule has 0 amide bonds. The summed E-state index contributed by atoms with van der Waals surface area (Å²) in [4.78, 5) is 2.50. The number of hydrogen-bond acceptors (Lipinski definition) is 5. The maximum atomic E-state index is 13.7. The highest BCUT2D eigenvalue weighted by Gasteiger charge is 2.39. The average molecular weight is 537 g/mol. The van der Waals surface area contributed by atoms with Crippen LogP contribution in [0, 0.1) is 11.7 Å². The van der Waals surface area contributed by atoms with Crippen molar-refractivity contribution in [3.8, 4) is 0 Å². The monoisotopic (exact) mass is 536 g/mol. The van der Waals surface area contributed by atoms with Gasteiger partial charge in [0.25, 0.3) is 0 Å². The minimum atomic E-state index is -3.62. The van der Waals surface area contributed by atoms with Gasteiger partial charge in [-0.2, -0.15) is 4.31 Å². The van der Waals surface area contributed by atoms with Gasteiger partial charge in [0, 0.05) is 30.8 Å². The molecule has 0 spiro atoms. The van der Waals surface area contributed by atoms with E-state index in [1.807, 2.05) is 23.3 Å². The van der Waals surface area contributed by atoms with Gasteiger partial charge < -0.3 is 10.3 Å². The molecule has 2 aromatic carbocycles. The molecule has 2 aliphatic heterocycles. The van der Waals surface area contributed by atoms with Crippen LogP contribution in [0.25, 0.3) is 0 Å². The molecule has 38 heavy (non-hydrogen) atoms. The van der Waals surface area contributed by atoms with Crippen LogP contribution in [-0.4, -0.2) is 51.4 Å². The SMILES string of the molecule is CN(C)CC[C@H]1C2=CNN(c3ccc(F)cc3)C2=CC2=C1CN(S(=O)(=O)c1ccc(C(C)(C)C)cc1)CC2. The smallest absolute Gasteiger partial charge is 0.243 e. The van der Waals surface area contributed by atoms with Crippen LogP contribution in [0.2, 0.25) is 0 Å². The van der Waals surface area contributed by atoms with Crippen LogP contribution in [0.5, 0.6) is 0 Å². The Morgan fingerprint density at radius 1 is 1.05 bits per heavy atom. The maximum absolute atomic E-state index is 13.7. The largest absolute Gasteiger partial charge is 0.309 e. The molecule has 0 fully saturated rings. The standard InChI is InChI=1S/C30H37FN4O2S/c1-30(2,3)22-6-12-25(13-7-22)38(36,37)34-17-14-21-18-29-27(26(28(21)20-34)15-16-33(4)5)19-32-35(29)24-10-8-23(31)9-11-24/h6-13,18-19,26,32H,14-17,20H2,1-5H3/t26-/m0/s1. The van der Waals surface area contributed by atoms with E-state index in [9.17, 15) is 12.8 Å². The molecular formula is C30H37FN4O2S. The number of nitrogens with zero attached hydrogens (tertiary/aromatic N) is 3. The second-order valence-corrected chi connectivity index (χ2v) is 13.6. The summed E-state index contributed by atoms with van der Waals surface area (Å²) < 4.78 is 42.6. The Bertz CT molecular complexity index is 1400. The van der Waals surface area contributed by atoms with E-state index < -0.39 is 10.0 Å². The zero-order chi connectivity index (χ0) is 27.2. The summed E-state index contributed by atoms with van der Waals surface area (Å²) in [6.45, 7) is 8.07. The van der Waals surface area contributed by atoms with E-state index in [0.717, 1.165) is 35.5 Å². The van der Waals surface area contributed by atoms with Crippen LogP contribution in [0.4, 0.5) is 10.1 Å². The number of allylic oxidation sites excluding steroid dienone is 2. The number of sulfonamides is 1. The Balaban J connectivity index is 1.46. The number of hydrogen-bond donors (Lipinski definition) is 1. The van der Waals surface area contributed by atoms with Crippen LogP contribution in [-0.2, 0) is 15.4 Å². The molecule has 8 heteroatoms. The lowest BCUT2D eigenvalue weighted by Crippen LogP contribution is -2.40. The van der Waals surface area contributed by atoms with E-state index in [4.69, 9.17) is 0 Å². The van der Waals surface area contributed by atoms with Gasteiger partial charge in [-0.15, -0.1) is 0 Å². The quantitative estimate of drug-likeness (QED) is 0.551. The fraction of sp³-hybridized carbons (Fsp3) is 0.400. The van der Waals surface area contributed by atoms with Crippen molar-refractivity contribution in [1.82, 2.24) is 14.6 Å². The first-order valence-electron chi connectivity index (χ1n) is 13.2. The molecule has 0 radical (unpaired) electrons. The van der Waals surface area contributed by atoms with Crippen LogP contribution in [0.15, 0.2) is 88.1 Å². The van der Waals surface area contributed by atoms with Crippen LogP contribution >= 0.6 is 0 Å². The first-order valence-corrected chi connectivity index (χ1v) is 14.6. The first kappa shape index (κ1) is 26.7. The third kappa shape index (κ3) is 5.05. The lowest BCUT2D eigenvalue weighted by Gasteiger charge is -2.38. The zero-order valence-electron chi connectivity index (χ0n) is 22.8. The normalized spacial score (nSPS) is 20.2. The highest BCUT2D eigenvalue weighted by molar-refractivity contribution is 7.89. The summed E-state index contributed by atoms with van der Waals surface area (Å²) in [5.41, 5.74) is 9.85. The molecule has 3 aliphatic rings. The summed E-state index contributed by atoms with van der Waals surface area (Å²) in [7, 11) is 0.488. The average Bonchev–Trinajstić information content (AvgIpc) is 3.29. The lowest BCUT2D eigenvalue weighted by atomic mass is 9.77. The Labute approximate surface area is 226 Å². The molecule has 202 valence electrons. The molecule has 2 aromatic rings. The predicted octanol–water partition coefficient (Wildman–Crippen LogP) is 5.19. The van der Waals surface area contributed by atoms with Crippen molar-refractivity contribution in [2.75, 3.05) is 38.7 Å². The fourth-order valence-electron chi connectivity index (χ4n) is 5.46. The van der Waals surface area contributed by atoms with E-state index in [1.54, 1.807) is 28.6 Å². The Kier molecular flexibility index (Phi) is 7.00. The number of anilines is 1. The minimum Gasteiger partial charge on any atom is -0.309 e. The number of hydrazine groups is 1. The lowest BCUT2D eigenvalue weighted by molar-refractivity contribution is 0.360. The first-order chi connectivity index (χ1) is 17.9. The van der Waals surface area contributed by atoms with E-state index in [2.05, 4.69) is 51.3 Å². The van der Waals surface area contributed by atoms with Gasteiger partial charge in [-0.25, -0.2) is 12.8 Å². The third-order valence-corrected chi connectivity index (χ3v) is 9.55. The molecule has 0 saturated heterocycles. The van der Waals surface area contributed by atoms with Gasteiger partial charge in [-0.1, -0.05) is 32.9 Å². The molecule has 0 unspecified atom stereocenters. The Morgan fingerprint density at radius 3 is 2.37 bits per heavy atom. The molecule has 0 bridgehead atoms. The predicted molar refractivity (Wildman–Crippen MR) is 150 cm³/mol.